The number of hydrogen-bond acceptors (Lipinski definition) is 6. The van der Waals surface area contributed by atoms with Crippen LogP contribution in [-0.2, 0) is 23.9 Å². The molecule has 0 spiro atoms. The molecule has 3 atom stereocenters. The van der Waals surface area contributed by atoms with Gasteiger partial charge in [0.2, 0.25) is 0 Å². The van der Waals surface area contributed by atoms with E-state index in [9.17, 15) is 14.4 Å². The quantitative estimate of drug-likeness (QED) is 0.617. The van der Waals surface area contributed by atoms with Gasteiger partial charge in [0.1, 0.15) is 5.41 Å². The number of hydrogen-bond donors (Lipinski definition) is 1. The molecule has 2 aliphatic carbocycles. The van der Waals surface area contributed by atoms with Gasteiger partial charge in [0.05, 0.1) is 20.1 Å². The maximum atomic E-state index is 12.9. The highest BCUT2D eigenvalue weighted by molar-refractivity contribution is 6.16. The summed E-state index contributed by atoms with van der Waals surface area (Å²) in [6, 6.07) is -0.170. The number of fused-ring (bicyclic) bond motifs is 1. The molecule has 0 aromatic carbocycles. The Morgan fingerprint density at radius 3 is 2.64 bits per heavy atom. The molecule has 1 fully saturated rings. The van der Waals surface area contributed by atoms with Gasteiger partial charge in [0.15, 0.2) is 5.78 Å². The van der Waals surface area contributed by atoms with Gasteiger partial charge in [-0.05, 0) is 38.7 Å². The molecule has 0 aromatic heterocycles. The average Bonchev–Trinajstić information content (AvgIpc) is 2.78. The number of nitrogens with two attached hydrogens (primary N) is 1. The first-order valence-corrected chi connectivity index (χ1v) is 7.61. The van der Waals surface area contributed by atoms with E-state index in [2.05, 4.69) is 0 Å². The summed E-state index contributed by atoms with van der Waals surface area (Å²) in [5.41, 5.74) is 6.24. The van der Waals surface area contributed by atoms with Crippen LogP contribution in [0.1, 0.15) is 39.5 Å². The van der Waals surface area contributed by atoms with E-state index in [1.807, 2.05) is 6.92 Å². The number of Topliss-reactive ketones (excluding diaryl/α,β-unsaturated/α-hetero) is 1. The number of rotatable bonds is 4. The summed E-state index contributed by atoms with van der Waals surface area (Å²) in [6.45, 7) is 3.78. The van der Waals surface area contributed by atoms with Gasteiger partial charge in [0.25, 0.3) is 0 Å². The topological polar surface area (TPSA) is 95.7 Å². The van der Waals surface area contributed by atoms with Crippen LogP contribution in [-0.4, -0.2) is 37.5 Å². The first-order chi connectivity index (χ1) is 10.4. The fraction of sp³-hybridized carbons (Fsp3) is 0.688. The molecule has 3 unspecified atom stereocenters. The zero-order valence-electron chi connectivity index (χ0n) is 13.3. The molecule has 2 aliphatic rings. The van der Waals surface area contributed by atoms with Gasteiger partial charge in [-0.1, -0.05) is 5.57 Å². The predicted molar refractivity (Wildman–Crippen MR) is 78.7 cm³/mol. The largest absolute Gasteiger partial charge is 0.468 e. The Kier molecular flexibility index (Phi) is 4.70. The average molecular weight is 309 g/mol. The highest BCUT2D eigenvalue weighted by Crippen LogP contribution is 2.50. The Morgan fingerprint density at radius 2 is 2.09 bits per heavy atom. The lowest BCUT2D eigenvalue weighted by Crippen LogP contribution is -2.39. The molecule has 0 aromatic rings. The van der Waals surface area contributed by atoms with Crippen molar-refractivity contribution < 1.29 is 23.9 Å². The molecule has 2 N–H and O–H groups in total. The molecule has 1 saturated carbocycles. The molecule has 0 saturated heterocycles. The van der Waals surface area contributed by atoms with Gasteiger partial charge < -0.3 is 15.2 Å². The summed E-state index contributed by atoms with van der Waals surface area (Å²) in [5.74, 6) is -1.74. The summed E-state index contributed by atoms with van der Waals surface area (Å²) in [6.07, 6.45) is 1.47. The van der Waals surface area contributed by atoms with Crippen molar-refractivity contribution in [2.75, 3.05) is 13.7 Å². The Balaban J connectivity index is 2.43. The zero-order chi connectivity index (χ0) is 16.5. The molecule has 0 aliphatic heterocycles. The summed E-state index contributed by atoms with van der Waals surface area (Å²) in [4.78, 5) is 37.2. The molecule has 122 valence electrons. The SMILES string of the molecule is CCOC(=O)CC1(C(=O)OC)CC2C(=C(C)CCC2N)C1=O. The summed E-state index contributed by atoms with van der Waals surface area (Å²) in [7, 11) is 1.23. The second-order valence-corrected chi connectivity index (χ2v) is 6.09. The second kappa shape index (κ2) is 6.20. The van der Waals surface area contributed by atoms with E-state index in [1.54, 1.807) is 6.92 Å². The number of ketones is 1. The van der Waals surface area contributed by atoms with Crippen molar-refractivity contribution in [2.45, 2.75) is 45.6 Å². The lowest BCUT2D eigenvalue weighted by Gasteiger charge is -2.27. The smallest absolute Gasteiger partial charge is 0.320 e. The van der Waals surface area contributed by atoms with Crippen molar-refractivity contribution in [3.05, 3.63) is 11.1 Å². The standard InChI is InChI=1S/C16H23NO5/c1-4-22-12(18)8-16(15(20)21-3)7-10-11(17)6-5-9(2)13(10)14(16)19/h10-11H,4-8,17H2,1-3H3. The van der Waals surface area contributed by atoms with Crippen LogP contribution in [0, 0.1) is 11.3 Å². The third-order valence-corrected chi connectivity index (χ3v) is 4.78. The number of esters is 2. The van der Waals surface area contributed by atoms with Crippen LogP contribution in [0.5, 0.6) is 0 Å². The van der Waals surface area contributed by atoms with Gasteiger partial charge in [0, 0.05) is 12.0 Å². The highest BCUT2D eigenvalue weighted by Gasteiger charge is 2.59. The minimum Gasteiger partial charge on any atom is -0.468 e. The van der Waals surface area contributed by atoms with Crippen molar-refractivity contribution in [3.63, 3.8) is 0 Å². The van der Waals surface area contributed by atoms with Crippen molar-refractivity contribution in [1.82, 2.24) is 0 Å². The first kappa shape index (κ1) is 16.7. The fourth-order valence-corrected chi connectivity index (χ4v) is 3.65. The Labute approximate surface area is 130 Å². The Hall–Kier alpha value is -1.69. The van der Waals surface area contributed by atoms with Crippen molar-refractivity contribution in [3.8, 4) is 0 Å². The lowest BCUT2D eigenvalue weighted by atomic mass is 9.80. The van der Waals surface area contributed by atoms with Crippen LogP contribution in [0.3, 0.4) is 0 Å². The van der Waals surface area contributed by atoms with Crippen LogP contribution < -0.4 is 5.73 Å². The zero-order valence-corrected chi connectivity index (χ0v) is 13.3. The Morgan fingerprint density at radius 1 is 1.41 bits per heavy atom. The summed E-state index contributed by atoms with van der Waals surface area (Å²) in [5, 5.41) is 0. The van der Waals surface area contributed by atoms with Crippen LogP contribution in [0.15, 0.2) is 11.1 Å². The molecule has 0 radical (unpaired) electrons. The third-order valence-electron chi connectivity index (χ3n) is 4.78. The van der Waals surface area contributed by atoms with Crippen LogP contribution >= 0.6 is 0 Å². The van der Waals surface area contributed by atoms with Gasteiger partial charge in [-0.25, -0.2) is 0 Å². The molecule has 2 rings (SSSR count). The second-order valence-electron chi connectivity index (χ2n) is 6.09. The maximum Gasteiger partial charge on any atom is 0.320 e. The molecular weight excluding hydrogens is 286 g/mol. The van der Waals surface area contributed by atoms with E-state index in [0.29, 0.717) is 5.57 Å². The van der Waals surface area contributed by atoms with E-state index >= 15 is 0 Å². The van der Waals surface area contributed by atoms with Crippen molar-refractivity contribution >= 4 is 17.7 Å². The maximum absolute atomic E-state index is 12.9. The van der Waals surface area contributed by atoms with E-state index in [0.717, 1.165) is 18.4 Å². The Bertz CT molecular complexity index is 539. The van der Waals surface area contributed by atoms with Crippen LogP contribution in [0.25, 0.3) is 0 Å². The minimum atomic E-state index is -1.48. The van der Waals surface area contributed by atoms with Crippen LogP contribution in [0.2, 0.25) is 0 Å². The van der Waals surface area contributed by atoms with E-state index < -0.39 is 17.4 Å². The number of allylic oxidation sites excluding steroid dienone is 1. The van der Waals surface area contributed by atoms with Gasteiger partial charge >= 0.3 is 11.9 Å². The fourth-order valence-electron chi connectivity index (χ4n) is 3.65. The van der Waals surface area contributed by atoms with Crippen LogP contribution in [0.4, 0.5) is 0 Å². The third kappa shape index (κ3) is 2.56. The predicted octanol–water partition coefficient (Wildman–Crippen LogP) is 1.13. The summed E-state index contributed by atoms with van der Waals surface area (Å²) < 4.78 is 9.77. The van der Waals surface area contributed by atoms with E-state index in [-0.39, 0.29) is 37.2 Å². The normalized spacial score (nSPS) is 31.0. The molecular formula is C16H23NO5. The molecule has 6 heteroatoms. The first-order valence-electron chi connectivity index (χ1n) is 7.61. The molecule has 22 heavy (non-hydrogen) atoms. The molecule has 0 amide bonds. The van der Waals surface area contributed by atoms with Gasteiger partial charge in [-0.15, -0.1) is 0 Å². The van der Waals surface area contributed by atoms with Gasteiger partial charge in [-0.3, -0.25) is 14.4 Å². The van der Waals surface area contributed by atoms with Crippen molar-refractivity contribution in [2.24, 2.45) is 17.1 Å². The molecule has 0 heterocycles. The van der Waals surface area contributed by atoms with E-state index in [1.165, 1.54) is 7.11 Å². The number of carbonyl (C=O) groups excluding carboxylic acids is 3. The monoisotopic (exact) mass is 309 g/mol. The van der Waals surface area contributed by atoms with Gasteiger partial charge in [-0.2, -0.15) is 0 Å². The molecule has 0 bridgehead atoms. The van der Waals surface area contributed by atoms with E-state index in [4.69, 9.17) is 15.2 Å². The highest BCUT2D eigenvalue weighted by atomic mass is 16.5. The summed E-state index contributed by atoms with van der Waals surface area (Å²) >= 11 is 0. The number of carbonyl (C=O) groups is 3. The number of ether oxygens (including phenoxy) is 2. The lowest BCUT2D eigenvalue weighted by molar-refractivity contribution is -0.163. The molecule has 6 nitrogen and oxygen atoms in total. The van der Waals surface area contributed by atoms with Crippen molar-refractivity contribution in [1.29, 1.82) is 0 Å². The number of methoxy groups -OCH3 is 1. The minimum absolute atomic E-state index is 0.170.